The number of nitrogens with one attached hydrogen (secondary N) is 1. The Morgan fingerprint density at radius 3 is 2.56 bits per heavy atom. The van der Waals surface area contributed by atoms with E-state index >= 15 is 0 Å². The SMILES string of the molecule is CCOC(=O)c1c(NC(=O)CCOCc2ccccc2)sc(C)c1C. The summed E-state index contributed by atoms with van der Waals surface area (Å²) in [6.45, 7) is 6.62. The van der Waals surface area contributed by atoms with Crippen molar-refractivity contribution in [2.75, 3.05) is 18.5 Å². The number of amides is 1. The van der Waals surface area contributed by atoms with Crippen LogP contribution in [-0.2, 0) is 20.9 Å². The predicted molar refractivity (Wildman–Crippen MR) is 99.1 cm³/mol. The van der Waals surface area contributed by atoms with Crippen LogP contribution in [0.15, 0.2) is 30.3 Å². The maximum absolute atomic E-state index is 12.1. The molecule has 2 aromatic rings. The minimum Gasteiger partial charge on any atom is -0.462 e. The number of esters is 1. The summed E-state index contributed by atoms with van der Waals surface area (Å²) < 4.78 is 10.6. The van der Waals surface area contributed by atoms with Crippen molar-refractivity contribution in [1.29, 1.82) is 0 Å². The van der Waals surface area contributed by atoms with E-state index in [9.17, 15) is 9.59 Å². The molecule has 0 unspecified atom stereocenters. The van der Waals surface area contributed by atoms with Crippen LogP contribution in [-0.4, -0.2) is 25.1 Å². The van der Waals surface area contributed by atoms with Crippen molar-refractivity contribution in [3.63, 3.8) is 0 Å². The lowest BCUT2D eigenvalue weighted by atomic mass is 10.1. The van der Waals surface area contributed by atoms with Crippen LogP contribution in [0.4, 0.5) is 5.00 Å². The maximum atomic E-state index is 12.1. The first-order valence-corrected chi connectivity index (χ1v) is 9.03. The molecule has 0 spiro atoms. The van der Waals surface area contributed by atoms with E-state index in [-0.39, 0.29) is 12.3 Å². The molecule has 1 aromatic heterocycles. The van der Waals surface area contributed by atoms with Gasteiger partial charge >= 0.3 is 5.97 Å². The van der Waals surface area contributed by atoms with Crippen LogP contribution in [0.2, 0.25) is 0 Å². The third-order valence-electron chi connectivity index (χ3n) is 3.70. The standard InChI is InChI=1S/C19H23NO4S/c1-4-24-19(22)17-13(2)14(3)25-18(17)20-16(21)10-11-23-12-15-8-6-5-7-9-15/h5-9H,4,10-12H2,1-3H3,(H,20,21). The Labute approximate surface area is 152 Å². The highest BCUT2D eigenvalue weighted by Gasteiger charge is 2.21. The van der Waals surface area contributed by atoms with E-state index in [1.165, 1.54) is 11.3 Å². The normalized spacial score (nSPS) is 10.5. The zero-order valence-electron chi connectivity index (χ0n) is 14.8. The number of carbonyl (C=O) groups excluding carboxylic acids is 2. The van der Waals surface area contributed by atoms with Gasteiger partial charge in [-0.15, -0.1) is 11.3 Å². The van der Waals surface area contributed by atoms with Gasteiger partial charge in [0, 0.05) is 4.88 Å². The van der Waals surface area contributed by atoms with Gasteiger partial charge in [0.15, 0.2) is 0 Å². The summed E-state index contributed by atoms with van der Waals surface area (Å²) in [4.78, 5) is 25.2. The molecular formula is C19H23NO4S. The Bertz CT molecular complexity index is 725. The second kappa shape index (κ2) is 9.34. The number of hydrogen-bond acceptors (Lipinski definition) is 5. The van der Waals surface area contributed by atoms with E-state index in [1.54, 1.807) is 6.92 Å². The number of benzene rings is 1. The summed E-state index contributed by atoms with van der Waals surface area (Å²) in [6, 6.07) is 9.79. The lowest BCUT2D eigenvalue weighted by molar-refractivity contribution is -0.117. The number of hydrogen-bond donors (Lipinski definition) is 1. The van der Waals surface area contributed by atoms with E-state index in [4.69, 9.17) is 9.47 Å². The molecule has 0 bridgehead atoms. The molecule has 0 saturated carbocycles. The fraction of sp³-hybridized carbons (Fsp3) is 0.368. The van der Waals surface area contributed by atoms with Crippen molar-refractivity contribution in [2.24, 2.45) is 0 Å². The van der Waals surface area contributed by atoms with Crippen molar-refractivity contribution < 1.29 is 19.1 Å². The Morgan fingerprint density at radius 1 is 1.16 bits per heavy atom. The summed E-state index contributed by atoms with van der Waals surface area (Å²) in [5, 5.41) is 3.35. The molecule has 0 aliphatic carbocycles. The molecule has 25 heavy (non-hydrogen) atoms. The highest BCUT2D eigenvalue weighted by Crippen LogP contribution is 2.33. The van der Waals surface area contributed by atoms with E-state index in [0.29, 0.717) is 30.4 Å². The van der Waals surface area contributed by atoms with Gasteiger partial charge < -0.3 is 14.8 Å². The first-order chi connectivity index (χ1) is 12.0. The van der Waals surface area contributed by atoms with Crippen LogP contribution < -0.4 is 5.32 Å². The van der Waals surface area contributed by atoms with Crippen molar-refractivity contribution in [1.82, 2.24) is 0 Å². The molecule has 6 heteroatoms. The van der Waals surface area contributed by atoms with E-state index in [2.05, 4.69) is 5.32 Å². The molecule has 5 nitrogen and oxygen atoms in total. The lowest BCUT2D eigenvalue weighted by Gasteiger charge is -2.08. The summed E-state index contributed by atoms with van der Waals surface area (Å²) in [5.74, 6) is -0.583. The Hall–Kier alpha value is -2.18. The van der Waals surface area contributed by atoms with Crippen LogP contribution in [0.25, 0.3) is 0 Å². The minimum absolute atomic E-state index is 0.181. The van der Waals surface area contributed by atoms with E-state index in [0.717, 1.165) is 16.0 Å². The molecule has 0 fully saturated rings. The minimum atomic E-state index is -0.403. The molecule has 1 aromatic carbocycles. The van der Waals surface area contributed by atoms with Gasteiger partial charge in [-0.05, 0) is 31.9 Å². The molecule has 0 aliphatic heterocycles. The first-order valence-electron chi connectivity index (χ1n) is 8.21. The molecule has 0 aliphatic rings. The number of thiophene rings is 1. The number of aryl methyl sites for hydroxylation is 1. The van der Waals surface area contributed by atoms with Crippen molar-refractivity contribution in [2.45, 2.75) is 33.8 Å². The maximum Gasteiger partial charge on any atom is 0.341 e. The molecule has 0 saturated heterocycles. The third-order valence-corrected chi connectivity index (χ3v) is 4.83. The van der Waals surface area contributed by atoms with Crippen LogP contribution in [0, 0.1) is 13.8 Å². The molecule has 134 valence electrons. The smallest absolute Gasteiger partial charge is 0.341 e. The summed E-state index contributed by atoms with van der Waals surface area (Å²) >= 11 is 1.39. The molecular weight excluding hydrogens is 338 g/mol. The first kappa shape index (κ1) is 19.1. The van der Waals surface area contributed by atoms with E-state index in [1.807, 2.05) is 44.2 Å². The Morgan fingerprint density at radius 2 is 1.88 bits per heavy atom. The second-order valence-electron chi connectivity index (χ2n) is 5.54. The summed E-state index contributed by atoms with van der Waals surface area (Å²) in [6.07, 6.45) is 0.227. The third kappa shape index (κ3) is 5.41. The fourth-order valence-electron chi connectivity index (χ4n) is 2.28. The van der Waals surface area contributed by atoms with Crippen molar-refractivity contribution in [3.8, 4) is 0 Å². The monoisotopic (exact) mass is 361 g/mol. The van der Waals surface area contributed by atoms with Crippen LogP contribution >= 0.6 is 11.3 Å². The highest BCUT2D eigenvalue weighted by atomic mass is 32.1. The van der Waals surface area contributed by atoms with Gasteiger partial charge in [-0.3, -0.25) is 4.79 Å². The zero-order valence-corrected chi connectivity index (χ0v) is 15.6. The average Bonchev–Trinajstić information content (AvgIpc) is 2.87. The largest absolute Gasteiger partial charge is 0.462 e. The molecule has 1 N–H and O–H groups in total. The molecule has 1 heterocycles. The highest BCUT2D eigenvalue weighted by molar-refractivity contribution is 7.16. The molecule has 0 radical (unpaired) electrons. The van der Waals surface area contributed by atoms with Gasteiger partial charge in [0.05, 0.1) is 31.8 Å². The Kier molecular flexibility index (Phi) is 7.16. The van der Waals surface area contributed by atoms with Crippen molar-refractivity contribution in [3.05, 3.63) is 51.9 Å². The predicted octanol–water partition coefficient (Wildman–Crippen LogP) is 4.09. The van der Waals surface area contributed by atoms with Gasteiger partial charge in [-0.1, -0.05) is 30.3 Å². The summed E-state index contributed by atoms with van der Waals surface area (Å²) in [7, 11) is 0. The number of ether oxygens (including phenoxy) is 2. The van der Waals surface area contributed by atoms with Gasteiger partial charge in [0.1, 0.15) is 5.00 Å². The van der Waals surface area contributed by atoms with Crippen LogP contribution in [0.5, 0.6) is 0 Å². The van der Waals surface area contributed by atoms with Crippen LogP contribution in [0.1, 0.15) is 39.7 Å². The van der Waals surface area contributed by atoms with Crippen molar-refractivity contribution >= 4 is 28.2 Å². The quantitative estimate of drug-likeness (QED) is 0.568. The van der Waals surface area contributed by atoms with Gasteiger partial charge in [0.25, 0.3) is 0 Å². The number of anilines is 1. The fourth-order valence-corrected chi connectivity index (χ4v) is 3.35. The van der Waals surface area contributed by atoms with E-state index < -0.39 is 5.97 Å². The molecule has 1 amide bonds. The topological polar surface area (TPSA) is 64.6 Å². The second-order valence-corrected chi connectivity index (χ2v) is 6.77. The number of carbonyl (C=O) groups is 2. The van der Waals surface area contributed by atoms with Crippen LogP contribution in [0.3, 0.4) is 0 Å². The Balaban J connectivity index is 1.88. The summed E-state index contributed by atoms with van der Waals surface area (Å²) in [5.41, 5.74) is 2.36. The van der Waals surface area contributed by atoms with Gasteiger partial charge in [0.2, 0.25) is 5.91 Å². The lowest BCUT2D eigenvalue weighted by Crippen LogP contribution is -2.16. The molecule has 0 atom stereocenters. The van der Waals surface area contributed by atoms with Gasteiger partial charge in [-0.25, -0.2) is 4.79 Å². The zero-order chi connectivity index (χ0) is 18.2. The average molecular weight is 361 g/mol. The van der Waals surface area contributed by atoms with Gasteiger partial charge in [-0.2, -0.15) is 0 Å². The number of rotatable bonds is 8. The molecule has 2 rings (SSSR count).